The van der Waals surface area contributed by atoms with E-state index < -0.39 is 0 Å². The molecule has 0 unspecified atom stereocenters. The SMILES string of the molecule is CC(C)(C)c1cc2ccc3[c]ccc4ccc(c1)c2c34. The van der Waals surface area contributed by atoms with Gasteiger partial charge in [0.25, 0.3) is 0 Å². The van der Waals surface area contributed by atoms with Gasteiger partial charge in [0.15, 0.2) is 0 Å². The van der Waals surface area contributed by atoms with E-state index in [1.165, 1.54) is 37.9 Å². The van der Waals surface area contributed by atoms with Crippen LogP contribution in [0.3, 0.4) is 0 Å². The standard InChI is InChI=1S/C20H17/c1-20(2,3)17-11-15-9-7-13-5-4-6-14-8-10-16(12-17)19(15)18(13)14/h4-5,7-12H,1-3H3. The molecule has 4 rings (SSSR count). The molecule has 0 heterocycles. The van der Waals surface area contributed by atoms with Crippen LogP contribution in [0.25, 0.3) is 32.3 Å². The highest BCUT2D eigenvalue weighted by Crippen LogP contribution is 2.37. The Kier molecular flexibility index (Phi) is 2.18. The first-order valence-electron chi connectivity index (χ1n) is 7.14. The van der Waals surface area contributed by atoms with Gasteiger partial charge in [-0.1, -0.05) is 69.3 Å². The molecular weight excluding hydrogens is 240 g/mol. The molecule has 0 amide bonds. The van der Waals surface area contributed by atoms with E-state index in [4.69, 9.17) is 0 Å². The Labute approximate surface area is 119 Å². The summed E-state index contributed by atoms with van der Waals surface area (Å²) in [4.78, 5) is 0. The van der Waals surface area contributed by atoms with Gasteiger partial charge in [-0.15, -0.1) is 0 Å². The molecule has 0 saturated carbocycles. The fraction of sp³-hybridized carbons (Fsp3) is 0.200. The van der Waals surface area contributed by atoms with Crippen molar-refractivity contribution in [3.8, 4) is 0 Å². The third-order valence-corrected chi connectivity index (χ3v) is 4.25. The number of hydrogen-bond donors (Lipinski definition) is 0. The molecule has 0 spiro atoms. The molecule has 0 fully saturated rings. The van der Waals surface area contributed by atoms with Crippen molar-refractivity contribution in [2.24, 2.45) is 0 Å². The third-order valence-electron chi connectivity index (χ3n) is 4.25. The highest BCUT2D eigenvalue weighted by molar-refractivity contribution is 6.22. The second-order valence-corrected chi connectivity index (χ2v) is 6.67. The maximum absolute atomic E-state index is 3.36. The second-order valence-electron chi connectivity index (χ2n) is 6.67. The molecule has 0 bridgehead atoms. The van der Waals surface area contributed by atoms with E-state index in [2.05, 4.69) is 69.3 Å². The molecule has 0 aliphatic carbocycles. The summed E-state index contributed by atoms with van der Waals surface area (Å²) in [6, 6.07) is 21.1. The largest absolute Gasteiger partial charge is 0.0561 e. The molecular formula is C20H17. The minimum absolute atomic E-state index is 0.177. The molecule has 0 nitrogen and oxygen atoms in total. The van der Waals surface area contributed by atoms with Gasteiger partial charge in [0.05, 0.1) is 0 Å². The molecule has 1 radical (unpaired) electrons. The summed E-state index contributed by atoms with van der Waals surface area (Å²) in [7, 11) is 0. The van der Waals surface area contributed by atoms with Gasteiger partial charge in [-0.05, 0) is 49.4 Å². The zero-order valence-corrected chi connectivity index (χ0v) is 12.1. The molecule has 4 aromatic rings. The van der Waals surface area contributed by atoms with Crippen molar-refractivity contribution in [3.05, 3.63) is 60.2 Å². The van der Waals surface area contributed by atoms with Gasteiger partial charge in [-0.3, -0.25) is 0 Å². The van der Waals surface area contributed by atoms with Crippen LogP contribution in [-0.2, 0) is 5.41 Å². The van der Waals surface area contributed by atoms with Crippen LogP contribution in [0.4, 0.5) is 0 Å². The molecule has 97 valence electrons. The van der Waals surface area contributed by atoms with Crippen molar-refractivity contribution < 1.29 is 0 Å². The predicted molar refractivity (Wildman–Crippen MR) is 87.7 cm³/mol. The first kappa shape index (κ1) is 11.7. The molecule has 0 aromatic heterocycles. The number of benzene rings is 4. The van der Waals surface area contributed by atoms with Crippen LogP contribution >= 0.6 is 0 Å². The Hall–Kier alpha value is -2.08. The van der Waals surface area contributed by atoms with Crippen molar-refractivity contribution >= 4 is 32.3 Å². The molecule has 20 heavy (non-hydrogen) atoms. The van der Waals surface area contributed by atoms with Crippen LogP contribution < -0.4 is 0 Å². The molecule has 0 aliphatic rings. The van der Waals surface area contributed by atoms with Crippen LogP contribution in [0.15, 0.2) is 48.5 Å². The van der Waals surface area contributed by atoms with Crippen molar-refractivity contribution in [1.82, 2.24) is 0 Å². The fourth-order valence-corrected chi connectivity index (χ4v) is 3.11. The summed E-state index contributed by atoms with van der Waals surface area (Å²) < 4.78 is 0. The van der Waals surface area contributed by atoms with Crippen molar-refractivity contribution in [2.75, 3.05) is 0 Å². The summed E-state index contributed by atoms with van der Waals surface area (Å²) in [5.74, 6) is 0. The maximum atomic E-state index is 3.36. The number of hydrogen-bond acceptors (Lipinski definition) is 0. The lowest BCUT2D eigenvalue weighted by atomic mass is 9.83. The predicted octanol–water partition coefficient (Wildman–Crippen LogP) is 5.68. The molecule has 0 aliphatic heterocycles. The lowest BCUT2D eigenvalue weighted by molar-refractivity contribution is 0.591. The van der Waals surface area contributed by atoms with E-state index in [9.17, 15) is 0 Å². The van der Waals surface area contributed by atoms with E-state index in [0.717, 1.165) is 0 Å². The van der Waals surface area contributed by atoms with E-state index in [-0.39, 0.29) is 5.41 Å². The normalized spacial score (nSPS) is 12.8. The molecule has 0 saturated heterocycles. The van der Waals surface area contributed by atoms with Gasteiger partial charge in [-0.2, -0.15) is 0 Å². The first-order valence-corrected chi connectivity index (χ1v) is 7.14. The summed E-state index contributed by atoms with van der Waals surface area (Å²) in [5, 5.41) is 7.92. The summed E-state index contributed by atoms with van der Waals surface area (Å²) in [5.41, 5.74) is 1.57. The number of rotatable bonds is 0. The lowest BCUT2D eigenvalue weighted by Crippen LogP contribution is -2.10. The van der Waals surface area contributed by atoms with E-state index in [1.807, 2.05) is 6.07 Å². The van der Waals surface area contributed by atoms with Gasteiger partial charge in [0, 0.05) is 0 Å². The monoisotopic (exact) mass is 257 g/mol. The smallest absolute Gasteiger partial charge is 0.00206 e. The van der Waals surface area contributed by atoms with Crippen molar-refractivity contribution in [3.63, 3.8) is 0 Å². The zero-order chi connectivity index (χ0) is 13.9. The van der Waals surface area contributed by atoms with Crippen molar-refractivity contribution in [1.29, 1.82) is 0 Å². The van der Waals surface area contributed by atoms with E-state index in [1.54, 1.807) is 0 Å². The molecule has 0 N–H and O–H groups in total. The Balaban J connectivity index is 2.25. The van der Waals surface area contributed by atoms with Gasteiger partial charge in [0.2, 0.25) is 0 Å². The van der Waals surface area contributed by atoms with Crippen LogP contribution in [-0.4, -0.2) is 0 Å². The topological polar surface area (TPSA) is 0 Å². The fourth-order valence-electron chi connectivity index (χ4n) is 3.11. The van der Waals surface area contributed by atoms with Gasteiger partial charge >= 0.3 is 0 Å². The van der Waals surface area contributed by atoms with E-state index >= 15 is 0 Å². The van der Waals surface area contributed by atoms with Crippen LogP contribution in [0.5, 0.6) is 0 Å². The van der Waals surface area contributed by atoms with Gasteiger partial charge in [0.1, 0.15) is 0 Å². The Morgan fingerprint density at radius 3 is 2.10 bits per heavy atom. The average Bonchev–Trinajstić information content (AvgIpc) is 2.43. The second kappa shape index (κ2) is 3.73. The molecule has 0 heteroatoms. The Bertz CT molecular complexity index is 859. The lowest BCUT2D eigenvalue weighted by Gasteiger charge is -2.21. The highest BCUT2D eigenvalue weighted by Gasteiger charge is 2.16. The molecule has 4 aromatic carbocycles. The van der Waals surface area contributed by atoms with Crippen LogP contribution in [0.2, 0.25) is 0 Å². The summed E-state index contributed by atoms with van der Waals surface area (Å²) in [6.45, 7) is 6.81. The Morgan fingerprint density at radius 2 is 1.40 bits per heavy atom. The maximum Gasteiger partial charge on any atom is -0.00206 e. The Morgan fingerprint density at radius 1 is 0.750 bits per heavy atom. The first-order chi connectivity index (χ1) is 9.54. The van der Waals surface area contributed by atoms with Gasteiger partial charge in [-0.25, -0.2) is 0 Å². The van der Waals surface area contributed by atoms with Crippen LogP contribution in [0, 0.1) is 6.07 Å². The van der Waals surface area contributed by atoms with Crippen LogP contribution in [0.1, 0.15) is 26.3 Å². The summed E-state index contributed by atoms with van der Waals surface area (Å²) >= 11 is 0. The average molecular weight is 257 g/mol. The highest BCUT2D eigenvalue weighted by atomic mass is 14.2. The minimum atomic E-state index is 0.177. The molecule has 0 atom stereocenters. The van der Waals surface area contributed by atoms with Crippen molar-refractivity contribution in [2.45, 2.75) is 26.2 Å². The third kappa shape index (κ3) is 1.54. The zero-order valence-electron chi connectivity index (χ0n) is 12.1. The quantitative estimate of drug-likeness (QED) is 0.355. The van der Waals surface area contributed by atoms with Gasteiger partial charge < -0.3 is 0 Å². The minimum Gasteiger partial charge on any atom is -0.0561 e. The summed E-state index contributed by atoms with van der Waals surface area (Å²) in [6.07, 6.45) is 0. The van der Waals surface area contributed by atoms with E-state index in [0.29, 0.717) is 0 Å².